The van der Waals surface area contributed by atoms with Crippen molar-refractivity contribution < 1.29 is 9.13 Å². The zero-order chi connectivity index (χ0) is 13.2. The molecular formula is C14H10ClFN2O. The van der Waals surface area contributed by atoms with Crippen molar-refractivity contribution in [2.75, 3.05) is 0 Å². The Hall–Kier alpha value is -2.07. The van der Waals surface area contributed by atoms with Crippen molar-refractivity contribution in [3.8, 4) is 5.75 Å². The van der Waals surface area contributed by atoms with Crippen molar-refractivity contribution in [2.24, 2.45) is 0 Å². The molecule has 0 amide bonds. The van der Waals surface area contributed by atoms with E-state index in [0.29, 0.717) is 11.0 Å². The van der Waals surface area contributed by atoms with E-state index in [1.165, 1.54) is 12.1 Å². The van der Waals surface area contributed by atoms with Crippen LogP contribution in [0.25, 0.3) is 5.52 Å². The predicted octanol–water partition coefficient (Wildman–Crippen LogP) is 3.71. The van der Waals surface area contributed by atoms with Gasteiger partial charge in [0.1, 0.15) is 23.9 Å². The number of nitrogens with zero attached hydrogens (tertiary/aromatic N) is 2. The van der Waals surface area contributed by atoms with Crippen LogP contribution in [-0.4, -0.2) is 9.38 Å². The first-order valence-electron chi connectivity index (χ1n) is 5.74. The van der Waals surface area contributed by atoms with Crippen LogP contribution in [0.2, 0.25) is 5.28 Å². The lowest BCUT2D eigenvalue weighted by Crippen LogP contribution is -1.96. The Bertz CT molecular complexity index is 726. The van der Waals surface area contributed by atoms with Crippen molar-refractivity contribution in [2.45, 2.75) is 6.61 Å². The van der Waals surface area contributed by atoms with E-state index in [4.69, 9.17) is 16.3 Å². The number of ether oxygens (including phenoxy) is 1. The molecule has 2 aromatic heterocycles. The number of hydrogen-bond acceptors (Lipinski definition) is 2. The maximum absolute atomic E-state index is 13.0. The fraction of sp³-hybridized carbons (Fsp3) is 0.0714. The predicted molar refractivity (Wildman–Crippen MR) is 70.9 cm³/mol. The van der Waals surface area contributed by atoms with E-state index in [0.717, 1.165) is 11.2 Å². The largest absolute Gasteiger partial charge is 0.487 e. The summed E-state index contributed by atoms with van der Waals surface area (Å²) < 4.78 is 20.3. The molecule has 96 valence electrons. The number of fused-ring (bicyclic) bond motifs is 1. The van der Waals surface area contributed by atoms with Crippen molar-refractivity contribution in [3.63, 3.8) is 0 Å². The van der Waals surface area contributed by atoms with Gasteiger partial charge in [-0.1, -0.05) is 12.1 Å². The second-order valence-electron chi connectivity index (χ2n) is 4.03. The van der Waals surface area contributed by atoms with Gasteiger partial charge in [-0.15, -0.1) is 0 Å². The summed E-state index contributed by atoms with van der Waals surface area (Å²) in [5.41, 5.74) is 1.60. The molecule has 3 aromatic rings. The lowest BCUT2D eigenvalue weighted by atomic mass is 10.3. The molecule has 0 aliphatic carbocycles. The molecule has 0 aliphatic rings. The van der Waals surface area contributed by atoms with Crippen LogP contribution in [0.5, 0.6) is 5.75 Å². The molecule has 0 spiro atoms. The second kappa shape index (κ2) is 4.90. The summed E-state index contributed by atoms with van der Waals surface area (Å²) in [5.74, 6) is 0.137. The van der Waals surface area contributed by atoms with Crippen LogP contribution in [0, 0.1) is 5.82 Å². The summed E-state index contributed by atoms with van der Waals surface area (Å²) >= 11 is 6.02. The molecule has 1 aromatic carbocycles. The SMILES string of the molecule is Fc1cccc(OCc2nc(Cl)n3ccccc23)c1. The van der Waals surface area contributed by atoms with Crippen molar-refractivity contribution in [1.29, 1.82) is 0 Å². The number of aromatic nitrogens is 2. The average molecular weight is 277 g/mol. The molecule has 0 saturated heterocycles. The number of rotatable bonds is 3. The van der Waals surface area contributed by atoms with E-state index in [1.807, 2.05) is 24.4 Å². The van der Waals surface area contributed by atoms with E-state index in [2.05, 4.69) is 4.98 Å². The zero-order valence-corrected chi connectivity index (χ0v) is 10.6. The fourth-order valence-electron chi connectivity index (χ4n) is 1.88. The third kappa shape index (κ3) is 2.39. The Morgan fingerprint density at radius 1 is 1.21 bits per heavy atom. The van der Waals surface area contributed by atoms with Gasteiger partial charge in [0, 0.05) is 12.3 Å². The highest BCUT2D eigenvalue weighted by atomic mass is 35.5. The van der Waals surface area contributed by atoms with Gasteiger partial charge in [0.05, 0.1) is 5.52 Å². The molecule has 0 bridgehead atoms. The molecule has 0 N–H and O–H groups in total. The highest BCUT2D eigenvalue weighted by Crippen LogP contribution is 2.19. The van der Waals surface area contributed by atoms with Crippen LogP contribution >= 0.6 is 11.6 Å². The molecule has 0 atom stereocenters. The Morgan fingerprint density at radius 2 is 2.11 bits per heavy atom. The first-order chi connectivity index (χ1) is 9.24. The van der Waals surface area contributed by atoms with Crippen LogP contribution in [0.1, 0.15) is 5.69 Å². The molecule has 2 heterocycles. The van der Waals surface area contributed by atoms with Crippen molar-refractivity contribution >= 4 is 17.1 Å². The van der Waals surface area contributed by atoms with Crippen LogP contribution < -0.4 is 4.74 Å². The Morgan fingerprint density at radius 3 is 2.95 bits per heavy atom. The van der Waals surface area contributed by atoms with Gasteiger partial charge < -0.3 is 4.74 Å². The standard InChI is InChI=1S/C14H10ClFN2O/c15-14-17-12(13-6-1-2-7-18(13)14)9-19-11-5-3-4-10(16)8-11/h1-8H,9H2. The van der Waals surface area contributed by atoms with Gasteiger partial charge in [-0.25, -0.2) is 9.37 Å². The molecule has 0 radical (unpaired) electrons. The van der Waals surface area contributed by atoms with E-state index in [-0.39, 0.29) is 12.4 Å². The first kappa shape index (κ1) is 12.0. The molecule has 5 heteroatoms. The minimum absolute atomic E-state index is 0.240. The highest BCUT2D eigenvalue weighted by Gasteiger charge is 2.09. The summed E-state index contributed by atoms with van der Waals surface area (Å²) in [6.07, 6.45) is 1.83. The number of hydrogen-bond donors (Lipinski definition) is 0. The second-order valence-corrected chi connectivity index (χ2v) is 4.37. The first-order valence-corrected chi connectivity index (χ1v) is 6.11. The summed E-state index contributed by atoms with van der Waals surface area (Å²) in [6, 6.07) is 11.7. The molecule has 19 heavy (non-hydrogen) atoms. The molecule has 0 aliphatic heterocycles. The summed E-state index contributed by atoms with van der Waals surface area (Å²) in [5, 5.41) is 0.383. The monoisotopic (exact) mass is 276 g/mol. The van der Waals surface area contributed by atoms with Crippen molar-refractivity contribution in [3.05, 3.63) is 65.5 Å². The van der Waals surface area contributed by atoms with Gasteiger partial charge in [0.15, 0.2) is 0 Å². The average Bonchev–Trinajstić information content (AvgIpc) is 2.74. The molecular weight excluding hydrogens is 267 g/mol. The Labute approximate surface area is 114 Å². The fourth-order valence-corrected chi connectivity index (χ4v) is 2.13. The lowest BCUT2D eigenvalue weighted by molar-refractivity contribution is 0.302. The number of imidazole rings is 1. The summed E-state index contributed by atoms with van der Waals surface area (Å²) in [4.78, 5) is 4.24. The topological polar surface area (TPSA) is 26.5 Å². The van der Waals surface area contributed by atoms with E-state index >= 15 is 0 Å². The Balaban J connectivity index is 1.86. The van der Waals surface area contributed by atoms with Gasteiger partial charge in [-0.3, -0.25) is 4.40 Å². The van der Waals surface area contributed by atoms with Gasteiger partial charge in [-0.05, 0) is 35.9 Å². The maximum Gasteiger partial charge on any atom is 0.207 e. The molecule has 0 saturated carbocycles. The molecule has 3 nitrogen and oxygen atoms in total. The van der Waals surface area contributed by atoms with Crippen LogP contribution in [0.4, 0.5) is 4.39 Å². The summed E-state index contributed by atoms with van der Waals surface area (Å²) in [6.45, 7) is 0.240. The van der Waals surface area contributed by atoms with Crippen LogP contribution in [0.3, 0.4) is 0 Å². The molecule has 0 unspecified atom stereocenters. The minimum Gasteiger partial charge on any atom is -0.487 e. The minimum atomic E-state index is -0.328. The Kier molecular flexibility index (Phi) is 3.09. The third-order valence-electron chi connectivity index (χ3n) is 2.75. The quantitative estimate of drug-likeness (QED) is 0.729. The normalized spacial score (nSPS) is 10.8. The highest BCUT2D eigenvalue weighted by molar-refractivity contribution is 6.28. The summed E-state index contributed by atoms with van der Waals surface area (Å²) in [7, 11) is 0. The molecule has 3 rings (SSSR count). The number of halogens is 2. The van der Waals surface area contributed by atoms with E-state index in [1.54, 1.807) is 16.5 Å². The maximum atomic E-state index is 13.0. The van der Waals surface area contributed by atoms with Gasteiger partial charge in [0.2, 0.25) is 5.28 Å². The zero-order valence-electron chi connectivity index (χ0n) is 9.88. The van der Waals surface area contributed by atoms with E-state index in [9.17, 15) is 4.39 Å². The van der Waals surface area contributed by atoms with Gasteiger partial charge >= 0.3 is 0 Å². The van der Waals surface area contributed by atoms with Gasteiger partial charge in [0.25, 0.3) is 0 Å². The van der Waals surface area contributed by atoms with Crippen molar-refractivity contribution in [1.82, 2.24) is 9.38 Å². The number of pyridine rings is 1. The van der Waals surface area contributed by atoms with Crippen LogP contribution in [0.15, 0.2) is 48.7 Å². The van der Waals surface area contributed by atoms with Crippen LogP contribution in [-0.2, 0) is 6.61 Å². The van der Waals surface area contributed by atoms with Gasteiger partial charge in [-0.2, -0.15) is 0 Å². The smallest absolute Gasteiger partial charge is 0.207 e. The molecule has 0 fully saturated rings. The third-order valence-corrected chi connectivity index (χ3v) is 3.02. The number of benzene rings is 1. The lowest BCUT2D eigenvalue weighted by Gasteiger charge is -2.04. The van der Waals surface area contributed by atoms with E-state index < -0.39 is 0 Å².